The smallest absolute Gasteiger partial charge is 0.247 e. The number of rotatable bonds is 8. The normalized spacial score (nSPS) is 22.2. The Morgan fingerprint density at radius 1 is 1.24 bits per heavy atom. The lowest BCUT2D eigenvalue weighted by atomic mass is 9.96. The van der Waals surface area contributed by atoms with E-state index < -0.39 is 29.7 Å². The summed E-state index contributed by atoms with van der Waals surface area (Å²) < 4.78 is 14.2. The van der Waals surface area contributed by atoms with Gasteiger partial charge < -0.3 is 10.2 Å². The van der Waals surface area contributed by atoms with Gasteiger partial charge in [0.05, 0.1) is 6.07 Å². The first-order chi connectivity index (χ1) is 17.8. The van der Waals surface area contributed by atoms with Gasteiger partial charge in [-0.15, -0.1) is 0 Å². The van der Waals surface area contributed by atoms with Gasteiger partial charge in [-0.25, -0.2) is 4.39 Å². The summed E-state index contributed by atoms with van der Waals surface area (Å²) in [4.78, 5) is 40.0. The van der Waals surface area contributed by atoms with Crippen LogP contribution in [0.25, 0.3) is 6.08 Å². The lowest BCUT2D eigenvalue weighted by molar-refractivity contribution is -0.135. The maximum atomic E-state index is 14.2. The second-order valence-electron chi connectivity index (χ2n) is 9.78. The molecule has 4 rings (SSSR count). The average molecular weight is 522 g/mol. The quantitative estimate of drug-likeness (QED) is 0.509. The largest absolute Gasteiger partial charge is 0.339 e. The summed E-state index contributed by atoms with van der Waals surface area (Å²) >= 11 is 5.81. The van der Waals surface area contributed by atoms with Gasteiger partial charge >= 0.3 is 0 Å². The van der Waals surface area contributed by atoms with Crippen molar-refractivity contribution in [2.45, 2.75) is 50.6 Å². The number of hydrogen-bond acceptors (Lipinski definition) is 4. The summed E-state index contributed by atoms with van der Waals surface area (Å²) in [7, 11) is 0. The van der Waals surface area contributed by atoms with Gasteiger partial charge in [0.2, 0.25) is 11.8 Å². The number of nitriles is 1. The van der Waals surface area contributed by atoms with Crippen molar-refractivity contribution < 1.29 is 18.8 Å². The molecule has 0 radical (unpaired) electrons. The van der Waals surface area contributed by atoms with Crippen LogP contribution in [-0.4, -0.2) is 41.1 Å². The second kappa shape index (κ2) is 12.2. The monoisotopic (exact) mass is 521 g/mol. The van der Waals surface area contributed by atoms with Crippen LogP contribution in [0.3, 0.4) is 0 Å². The Kier molecular flexibility index (Phi) is 8.73. The van der Waals surface area contributed by atoms with Crippen LogP contribution in [0, 0.1) is 29.0 Å². The highest BCUT2D eigenvalue weighted by atomic mass is 35.5. The fourth-order valence-electron chi connectivity index (χ4n) is 5.24. The van der Waals surface area contributed by atoms with Crippen LogP contribution in [0.1, 0.15) is 43.2 Å². The Labute approximate surface area is 221 Å². The molecule has 2 amide bonds. The van der Waals surface area contributed by atoms with Crippen molar-refractivity contribution in [3.63, 3.8) is 0 Å². The Morgan fingerprint density at radius 3 is 2.70 bits per heavy atom. The zero-order valence-corrected chi connectivity index (χ0v) is 21.2. The lowest BCUT2D eigenvalue weighted by Crippen LogP contribution is -2.48. The van der Waals surface area contributed by atoms with Crippen molar-refractivity contribution in [3.05, 3.63) is 76.6 Å². The Morgan fingerprint density at radius 2 is 2.03 bits per heavy atom. The van der Waals surface area contributed by atoms with Gasteiger partial charge in [-0.1, -0.05) is 48.0 Å². The second-order valence-corrected chi connectivity index (χ2v) is 10.2. The number of nitrogens with one attached hydrogen (secondary N) is 1. The Balaban J connectivity index is 1.49. The van der Waals surface area contributed by atoms with Crippen molar-refractivity contribution in [1.82, 2.24) is 10.2 Å². The van der Waals surface area contributed by atoms with Crippen LogP contribution in [-0.2, 0) is 20.8 Å². The van der Waals surface area contributed by atoms with Gasteiger partial charge in [-0.3, -0.25) is 14.4 Å². The van der Waals surface area contributed by atoms with E-state index in [0.29, 0.717) is 25.8 Å². The van der Waals surface area contributed by atoms with E-state index in [4.69, 9.17) is 11.6 Å². The van der Waals surface area contributed by atoms with Crippen molar-refractivity contribution in [2.24, 2.45) is 11.8 Å². The van der Waals surface area contributed by atoms with E-state index in [1.807, 2.05) is 30.3 Å². The summed E-state index contributed by atoms with van der Waals surface area (Å²) in [5, 5.41) is 12.7. The van der Waals surface area contributed by atoms with Crippen LogP contribution in [0.4, 0.5) is 4.39 Å². The molecule has 1 heterocycles. The topological polar surface area (TPSA) is 90.3 Å². The van der Waals surface area contributed by atoms with E-state index >= 15 is 0 Å². The summed E-state index contributed by atoms with van der Waals surface area (Å²) in [6.07, 6.45) is 6.11. The molecule has 0 unspecified atom stereocenters. The van der Waals surface area contributed by atoms with Crippen LogP contribution in [0.5, 0.6) is 0 Å². The maximum absolute atomic E-state index is 14.2. The fraction of sp³-hybridized carbons (Fsp3) is 0.379. The van der Waals surface area contributed by atoms with Crippen LogP contribution < -0.4 is 5.32 Å². The molecule has 1 saturated heterocycles. The number of halogens is 2. The molecule has 6 nitrogen and oxygen atoms in total. The van der Waals surface area contributed by atoms with Crippen molar-refractivity contribution in [3.8, 4) is 6.07 Å². The molecule has 1 N–H and O–H groups in total. The highest BCUT2D eigenvalue weighted by Crippen LogP contribution is 2.29. The van der Waals surface area contributed by atoms with Gasteiger partial charge in [-0.2, -0.15) is 5.26 Å². The van der Waals surface area contributed by atoms with Crippen molar-refractivity contribution >= 4 is 35.3 Å². The predicted molar refractivity (Wildman–Crippen MR) is 139 cm³/mol. The van der Waals surface area contributed by atoms with E-state index in [1.165, 1.54) is 35.3 Å². The van der Waals surface area contributed by atoms with E-state index in [0.717, 1.165) is 18.4 Å². The molecular weight excluding hydrogens is 493 g/mol. The number of likely N-dealkylation sites (tertiary alicyclic amines) is 1. The predicted octanol–water partition coefficient (Wildman–Crippen LogP) is 4.72. The van der Waals surface area contributed by atoms with Gasteiger partial charge in [0.15, 0.2) is 0 Å². The highest BCUT2D eigenvalue weighted by Gasteiger charge is 2.40. The molecule has 1 aliphatic heterocycles. The zero-order chi connectivity index (χ0) is 26.4. The molecule has 37 heavy (non-hydrogen) atoms. The lowest BCUT2D eigenvalue weighted by Gasteiger charge is -2.24. The minimum Gasteiger partial charge on any atom is -0.339 e. The molecule has 2 fully saturated rings. The summed E-state index contributed by atoms with van der Waals surface area (Å²) in [5.74, 6) is -1.41. The third-order valence-corrected chi connectivity index (χ3v) is 7.37. The van der Waals surface area contributed by atoms with Gasteiger partial charge in [0.1, 0.15) is 23.7 Å². The number of carbonyl (C=O) groups is 3. The molecule has 2 aromatic rings. The SMILES string of the molecule is N#C[C@H](C[C@@H]1CCCC1=O)NC(=O)[C@@H]1C[C@@H](Cc2ccccc2)CN1C(=O)/C=C/c1ccc(Cl)cc1F. The average Bonchev–Trinajstić information content (AvgIpc) is 3.49. The van der Waals surface area contributed by atoms with E-state index in [-0.39, 0.29) is 34.6 Å². The van der Waals surface area contributed by atoms with Crippen LogP contribution in [0.2, 0.25) is 5.02 Å². The molecule has 0 bridgehead atoms. The first-order valence-corrected chi connectivity index (χ1v) is 12.9. The van der Waals surface area contributed by atoms with Gasteiger partial charge in [-0.05, 0) is 61.8 Å². The number of nitrogens with zero attached hydrogens (tertiary/aromatic N) is 2. The van der Waals surface area contributed by atoms with E-state index in [9.17, 15) is 24.0 Å². The molecule has 0 aromatic heterocycles. The summed E-state index contributed by atoms with van der Waals surface area (Å²) in [6, 6.07) is 14.6. The summed E-state index contributed by atoms with van der Waals surface area (Å²) in [6.45, 7) is 0.359. The Bertz CT molecular complexity index is 1230. The number of hydrogen-bond donors (Lipinski definition) is 1. The summed E-state index contributed by atoms with van der Waals surface area (Å²) in [5.41, 5.74) is 1.32. The molecular formula is C29H29ClFN3O3. The van der Waals surface area contributed by atoms with E-state index in [2.05, 4.69) is 11.4 Å². The minimum atomic E-state index is -0.802. The molecule has 0 spiro atoms. The molecule has 8 heteroatoms. The number of amides is 2. The highest BCUT2D eigenvalue weighted by molar-refractivity contribution is 6.30. The maximum Gasteiger partial charge on any atom is 0.247 e. The Hall–Kier alpha value is -3.50. The van der Waals surface area contributed by atoms with Crippen LogP contribution in [0.15, 0.2) is 54.6 Å². The number of Topliss-reactive ketones (excluding diaryl/α,β-unsaturated/α-hetero) is 1. The molecule has 2 aromatic carbocycles. The number of carbonyl (C=O) groups excluding carboxylic acids is 3. The number of benzene rings is 2. The first kappa shape index (κ1) is 26.6. The molecule has 192 valence electrons. The van der Waals surface area contributed by atoms with Gasteiger partial charge in [0, 0.05) is 35.5 Å². The molecule has 4 atom stereocenters. The third-order valence-electron chi connectivity index (χ3n) is 7.13. The van der Waals surface area contributed by atoms with E-state index in [1.54, 1.807) is 0 Å². The zero-order valence-electron chi connectivity index (χ0n) is 20.4. The molecule has 2 aliphatic rings. The standard InChI is InChI=1S/C29H29ClFN3O3/c30-23-11-9-21(25(31)16-23)10-12-28(36)34-18-20(13-19-5-2-1-3-6-19)14-26(34)29(37)33-24(17-32)15-22-7-4-8-27(22)35/h1-3,5-6,9-12,16,20,22,24,26H,4,7-8,13-15,18H2,(H,33,37)/b12-10+/t20-,22+,24+,26+/m1/s1. The first-order valence-electron chi connectivity index (χ1n) is 12.5. The minimum absolute atomic E-state index is 0.0414. The fourth-order valence-corrected chi connectivity index (χ4v) is 5.40. The number of ketones is 1. The van der Waals surface area contributed by atoms with Crippen LogP contribution >= 0.6 is 11.6 Å². The molecule has 1 saturated carbocycles. The van der Waals surface area contributed by atoms with Gasteiger partial charge in [0.25, 0.3) is 0 Å². The molecule has 1 aliphatic carbocycles. The van der Waals surface area contributed by atoms with Crippen molar-refractivity contribution in [1.29, 1.82) is 5.26 Å². The van der Waals surface area contributed by atoms with Crippen molar-refractivity contribution in [2.75, 3.05) is 6.54 Å². The third kappa shape index (κ3) is 6.84.